The first kappa shape index (κ1) is 16.5. The molecule has 0 saturated heterocycles. The molecule has 2 rings (SSSR count). The average molecular weight is 365 g/mol. The summed E-state index contributed by atoms with van der Waals surface area (Å²) >= 11 is 5.24. The second-order valence-electron chi connectivity index (χ2n) is 6.39. The van der Waals surface area contributed by atoms with Crippen LogP contribution < -0.4 is 0 Å². The van der Waals surface area contributed by atoms with Crippen LogP contribution in [0.2, 0.25) is 0 Å². The molecular weight excluding hydrogens is 344 g/mol. The van der Waals surface area contributed by atoms with Gasteiger partial charge in [-0.1, -0.05) is 50.1 Å². The SMILES string of the molecule is Cc1cc(C)cc(CSc2cc(Br)nc(C(C)(C)C)n2)c1. The Labute approximate surface area is 139 Å². The maximum atomic E-state index is 4.69. The fraction of sp³-hybridized carbons (Fsp3) is 0.412. The summed E-state index contributed by atoms with van der Waals surface area (Å²) in [6.45, 7) is 10.7. The maximum absolute atomic E-state index is 4.69. The second-order valence-corrected chi connectivity index (χ2v) is 8.20. The van der Waals surface area contributed by atoms with E-state index in [2.05, 4.69) is 78.7 Å². The van der Waals surface area contributed by atoms with Gasteiger partial charge in [0.2, 0.25) is 0 Å². The molecule has 21 heavy (non-hydrogen) atoms. The van der Waals surface area contributed by atoms with E-state index in [1.807, 2.05) is 6.07 Å². The number of aryl methyl sites for hydroxylation is 2. The average Bonchev–Trinajstić information content (AvgIpc) is 2.33. The van der Waals surface area contributed by atoms with E-state index in [-0.39, 0.29) is 5.41 Å². The summed E-state index contributed by atoms with van der Waals surface area (Å²) in [4.78, 5) is 9.17. The van der Waals surface area contributed by atoms with Crippen molar-refractivity contribution in [2.24, 2.45) is 0 Å². The normalized spacial score (nSPS) is 11.7. The van der Waals surface area contributed by atoms with Gasteiger partial charge in [0.1, 0.15) is 15.5 Å². The number of halogens is 1. The zero-order valence-corrected chi connectivity index (χ0v) is 15.6. The number of hydrogen-bond donors (Lipinski definition) is 0. The van der Waals surface area contributed by atoms with Crippen LogP contribution in [0.3, 0.4) is 0 Å². The number of nitrogens with zero attached hydrogens (tertiary/aromatic N) is 2. The lowest BCUT2D eigenvalue weighted by atomic mass is 9.96. The molecule has 4 heteroatoms. The molecule has 0 amide bonds. The molecule has 1 aromatic heterocycles. The number of thioether (sulfide) groups is 1. The van der Waals surface area contributed by atoms with E-state index in [1.165, 1.54) is 16.7 Å². The highest BCUT2D eigenvalue weighted by atomic mass is 79.9. The van der Waals surface area contributed by atoms with Gasteiger partial charge in [-0.25, -0.2) is 9.97 Å². The van der Waals surface area contributed by atoms with Gasteiger partial charge in [0.25, 0.3) is 0 Å². The zero-order valence-electron chi connectivity index (χ0n) is 13.2. The maximum Gasteiger partial charge on any atom is 0.136 e. The molecular formula is C17H21BrN2S. The van der Waals surface area contributed by atoms with Crippen LogP contribution >= 0.6 is 27.7 Å². The predicted molar refractivity (Wildman–Crippen MR) is 93.9 cm³/mol. The lowest BCUT2D eigenvalue weighted by Gasteiger charge is -2.17. The van der Waals surface area contributed by atoms with Gasteiger partial charge in [-0.15, -0.1) is 11.8 Å². The third-order valence-electron chi connectivity index (χ3n) is 3.01. The third kappa shape index (κ3) is 4.82. The molecule has 0 aliphatic rings. The predicted octanol–water partition coefficient (Wildman–Crippen LogP) is 5.45. The number of aromatic nitrogens is 2. The molecule has 0 N–H and O–H groups in total. The van der Waals surface area contributed by atoms with Crippen molar-refractivity contribution in [3.63, 3.8) is 0 Å². The molecule has 1 heterocycles. The Bertz CT molecular complexity index is 627. The quantitative estimate of drug-likeness (QED) is 0.535. The molecule has 0 atom stereocenters. The molecule has 0 fully saturated rings. The van der Waals surface area contributed by atoms with E-state index in [4.69, 9.17) is 0 Å². The summed E-state index contributed by atoms with van der Waals surface area (Å²) in [7, 11) is 0. The summed E-state index contributed by atoms with van der Waals surface area (Å²) in [6, 6.07) is 8.66. The first-order chi connectivity index (χ1) is 9.74. The molecule has 0 bridgehead atoms. The molecule has 1 aromatic carbocycles. The van der Waals surface area contributed by atoms with Crippen LogP contribution in [0.5, 0.6) is 0 Å². The first-order valence-corrected chi connectivity index (χ1v) is 8.77. The van der Waals surface area contributed by atoms with Crippen LogP contribution in [0.1, 0.15) is 43.3 Å². The van der Waals surface area contributed by atoms with Crippen molar-refractivity contribution in [2.45, 2.75) is 50.8 Å². The molecule has 0 unspecified atom stereocenters. The van der Waals surface area contributed by atoms with Gasteiger partial charge in [0.05, 0.1) is 0 Å². The summed E-state index contributed by atoms with van der Waals surface area (Å²) in [6.07, 6.45) is 0. The Morgan fingerprint density at radius 3 is 2.19 bits per heavy atom. The first-order valence-electron chi connectivity index (χ1n) is 6.99. The number of hydrogen-bond acceptors (Lipinski definition) is 3. The molecule has 0 aliphatic heterocycles. The minimum atomic E-state index is -0.0426. The van der Waals surface area contributed by atoms with Crippen LogP contribution in [0, 0.1) is 13.8 Å². The summed E-state index contributed by atoms with van der Waals surface area (Å²) < 4.78 is 0.852. The third-order valence-corrected chi connectivity index (χ3v) is 4.40. The highest BCUT2D eigenvalue weighted by Crippen LogP contribution is 2.27. The Kier molecular flexibility index (Phi) is 5.10. The fourth-order valence-corrected chi connectivity index (χ4v) is 3.48. The minimum absolute atomic E-state index is 0.0426. The molecule has 0 saturated carbocycles. The van der Waals surface area contributed by atoms with E-state index >= 15 is 0 Å². The Balaban J connectivity index is 2.18. The van der Waals surface area contributed by atoms with Crippen LogP contribution in [0.4, 0.5) is 0 Å². The highest BCUT2D eigenvalue weighted by molar-refractivity contribution is 9.10. The van der Waals surface area contributed by atoms with E-state index in [9.17, 15) is 0 Å². The van der Waals surface area contributed by atoms with Gasteiger partial charge in [-0.2, -0.15) is 0 Å². The molecule has 0 aliphatic carbocycles. The molecule has 112 valence electrons. The summed E-state index contributed by atoms with van der Waals surface area (Å²) in [5.41, 5.74) is 3.91. The van der Waals surface area contributed by atoms with E-state index < -0.39 is 0 Å². The Hall–Kier alpha value is -0.870. The monoisotopic (exact) mass is 364 g/mol. The van der Waals surface area contributed by atoms with Crippen molar-refractivity contribution in [3.8, 4) is 0 Å². The number of benzene rings is 1. The second kappa shape index (κ2) is 6.49. The highest BCUT2D eigenvalue weighted by Gasteiger charge is 2.18. The Morgan fingerprint density at radius 2 is 1.62 bits per heavy atom. The molecule has 2 aromatic rings. The van der Waals surface area contributed by atoms with Crippen LogP contribution in [-0.4, -0.2) is 9.97 Å². The topological polar surface area (TPSA) is 25.8 Å². The van der Waals surface area contributed by atoms with Crippen molar-refractivity contribution in [2.75, 3.05) is 0 Å². The van der Waals surface area contributed by atoms with Crippen LogP contribution in [0.15, 0.2) is 33.9 Å². The van der Waals surface area contributed by atoms with Gasteiger partial charge in [-0.3, -0.25) is 0 Å². The van der Waals surface area contributed by atoms with Crippen molar-refractivity contribution in [1.29, 1.82) is 0 Å². The lowest BCUT2D eigenvalue weighted by molar-refractivity contribution is 0.536. The summed E-state index contributed by atoms with van der Waals surface area (Å²) in [5, 5.41) is 1.01. The minimum Gasteiger partial charge on any atom is -0.226 e. The van der Waals surface area contributed by atoms with E-state index in [1.54, 1.807) is 11.8 Å². The van der Waals surface area contributed by atoms with Crippen molar-refractivity contribution in [1.82, 2.24) is 9.97 Å². The van der Waals surface area contributed by atoms with Gasteiger partial charge in [0.15, 0.2) is 0 Å². The molecule has 0 spiro atoms. The zero-order chi connectivity index (χ0) is 15.6. The lowest BCUT2D eigenvalue weighted by Crippen LogP contribution is -2.16. The number of rotatable bonds is 3. The molecule has 2 nitrogen and oxygen atoms in total. The van der Waals surface area contributed by atoms with E-state index in [0.717, 1.165) is 21.2 Å². The van der Waals surface area contributed by atoms with Gasteiger partial charge in [0, 0.05) is 17.2 Å². The van der Waals surface area contributed by atoms with Crippen molar-refractivity contribution in [3.05, 3.63) is 51.4 Å². The fourth-order valence-electron chi connectivity index (χ4n) is 2.12. The summed E-state index contributed by atoms with van der Waals surface area (Å²) in [5.74, 6) is 1.80. The smallest absolute Gasteiger partial charge is 0.136 e. The standard InChI is InChI=1S/C17H21BrN2S/c1-11-6-12(2)8-13(7-11)10-21-15-9-14(18)19-16(20-15)17(3,4)5/h6-9H,10H2,1-5H3. The van der Waals surface area contributed by atoms with Gasteiger partial charge in [-0.05, 0) is 35.3 Å². The largest absolute Gasteiger partial charge is 0.226 e. The van der Waals surface area contributed by atoms with Crippen LogP contribution in [-0.2, 0) is 11.2 Å². The molecule has 0 radical (unpaired) electrons. The van der Waals surface area contributed by atoms with Gasteiger partial charge >= 0.3 is 0 Å². The van der Waals surface area contributed by atoms with E-state index in [0.29, 0.717) is 0 Å². The van der Waals surface area contributed by atoms with Crippen LogP contribution in [0.25, 0.3) is 0 Å². The van der Waals surface area contributed by atoms with Gasteiger partial charge < -0.3 is 0 Å². The van der Waals surface area contributed by atoms with Crippen molar-refractivity contribution < 1.29 is 0 Å². The van der Waals surface area contributed by atoms with Crippen molar-refractivity contribution >= 4 is 27.7 Å². The Morgan fingerprint density at radius 1 is 1.00 bits per heavy atom.